The zero-order valence-electron chi connectivity index (χ0n) is 6.50. The van der Waals surface area contributed by atoms with Gasteiger partial charge in [-0.25, -0.2) is 0 Å². The van der Waals surface area contributed by atoms with Crippen LogP contribution in [0, 0.1) is 5.92 Å². The molecular weight excluding hydrogens is 128 g/mol. The topological polar surface area (TPSA) is 55.4 Å². The van der Waals surface area contributed by atoms with Gasteiger partial charge >= 0.3 is 0 Å². The fraction of sp³-hybridized carbons (Fsp3) is 0.714. The number of rotatable bonds is 4. The van der Waals surface area contributed by atoms with E-state index in [2.05, 4.69) is 18.8 Å². The molecule has 3 heteroatoms. The summed E-state index contributed by atoms with van der Waals surface area (Å²) in [5.41, 5.74) is 4.88. The molecule has 0 radical (unpaired) electrons. The molecule has 0 aliphatic carbocycles. The number of carbonyl (C=O) groups is 1. The molecule has 3 nitrogen and oxygen atoms in total. The lowest BCUT2D eigenvalue weighted by atomic mass is 10.2. The highest BCUT2D eigenvalue weighted by molar-refractivity contribution is 5.88. The number of nitrogens with two attached hydrogens (primary N) is 1. The Bertz CT molecular complexity index is 130. The van der Waals surface area contributed by atoms with E-state index in [4.69, 9.17) is 5.73 Å². The summed E-state index contributed by atoms with van der Waals surface area (Å²) < 4.78 is 0. The minimum absolute atomic E-state index is 0.257. The fourth-order valence-electron chi connectivity index (χ4n) is 0.440. The van der Waals surface area contributed by atoms with Crippen LogP contribution in [0.1, 0.15) is 20.3 Å². The summed E-state index contributed by atoms with van der Waals surface area (Å²) >= 11 is 0. The van der Waals surface area contributed by atoms with Gasteiger partial charge in [0.25, 0.3) is 0 Å². The Morgan fingerprint density at radius 2 is 2.30 bits per heavy atom. The Labute approximate surface area is 61.3 Å². The molecule has 0 atom stereocenters. The zero-order valence-corrected chi connectivity index (χ0v) is 6.50. The Morgan fingerprint density at radius 3 is 2.70 bits per heavy atom. The number of amides is 1. The Kier molecular flexibility index (Phi) is 4.54. The van der Waals surface area contributed by atoms with E-state index in [1.807, 2.05) is 0 Å². The van der Waals surface area contributed by atoms with Crippen molar-refractivity contribution in [2.75, 3.05) is 6.54 Å². The maximum Gasteiger partial charge on any atom is 0.222 e. The molecule has 0 aromatic rings. The number of aliphatic imine (C=N–C) groups is 1. The first kappa shape index (κ1) is 9.14. The smallest absolute Gasteiger partial charge is 0.222 e. The standard InChI is InChI=1S/C7H14N2O/c1-6(2)5-9-4-3-7(8)10/h4,6H,3,5H2,1-2H3,(H2,8,10)/b9-4-. The molecule has 0 aliphatic rings. The lowest BCUT2D eigenvalue weighted by Crippen LogP contribution is -2.10. The van der Waals surface area contributed by atoms with Gasteiger partial charge in [0, 0.05) is 12.8 Å². The molecule has 0 aromatic heterocycles. The van der Waals surface area contributed by atoms with Crippen LogP contribution >= 0.6 is 0 Å². The molecule has 0 bridgehead atoms. The molecule has 0 saturated heterocycles. The van der Waals surface area contributed by atoms with Gasteiger partial charge < -0.3 is 5.73 Å². The fourth-order valence-corrected chi connectivity index (χ4v) is 0.440. The summed E-state index contributed by atoms with van der Waals surface area (Å²) in [5.74, 6) is 0.219. The van der Waals surface area contributed by atoms with E-state index < -0.39 is 0 Å². The highest BCUT2D eigenvalue weighted by Gasteiger charge is 1.89. The molecule has 0 saturated carbocycles. The lowest BCUT2D eigenvalue weighted by molar-refractivity contribution is -0.116. The van der Waals surface area contributed by atoms with Gasteiger partial charge in [-0.15, -0.1) is 0 Å². The summed E-state index contributed by atoms with van der Waals surface area (Å²) in [6.45, 7) is 4.91. The molecular formula is C7H14N2O. The minimum atomic E-state index is -0.326. The molecule has 0 aromatic carbocycles. The maximum absolute atomic E-state index is 10.2. The summed E-state index contributed by atoms with van der Waals surface area (Å²) in [4.78, 5) is 14.2. The maximum atomic E-state index is 10.2. The van der Waals surface area contributed by atoms with Gasteiger partial charge in [0.05, 0.1) is 6.42 Å². The van der Waals surface area contributed by atoms with Crippen LogP contribution in [0.2, 0.25) is 0 Å². The Balaban J connectivity index is 3.29. The van der Waals surface area contributed by atoms with Gasteiger partial charge in [-0.05, 0) is 5.92 Å². The predicted molar refractivity (Wildman–Crippen MR) is 42.0 cm³/mol. The van der Waals surface area contributed by atoms with E-state index in [-0.39, 0.29) is 12.3 Å². The lowest BCUT2D eigenvalue weighted by Gasteiger charge is -1.95. The van der Waals surface area contributed by atoms with Crippen molar-refractivity contribution in [2.45, 2.75) is 20.3 Å². The quantitative estimate of drug-likeness (QED) is 0.574. The van der Waals surface area contributed by atoms with Crippen molar-refractivity contribution in [3.8, 4) is 0 Å². The second kappa shape index (κ2) is 4.97. The van der Waals surface area contributed by atoms with Gasteiger partial charge in [0.1, 0.15) is 0 Å². The molecule has 10 heavy (non-hydrogen) atoms. The normalized spacial score (nSPS) is 11.1. The average Bonchev–Trinajstić information content (AvgIpc) is 1.79. The van der Waals surface area contributed by atoms with Crippen molar-refractivity contribution >= 4 is 12.1 Å². The highest BCUT2D eigenvalue weighted by atomic mass is 16.1. The number of nitrogens with zero attached hydrogens (tertiary/aromatic N) is 1. The summed E-state index contributed by atoms with van der Waals surface area (Å²) in [6.07, 6.45) is 1.83. The second-order valence-electron chi connectivity index (χ2n) is 2.61. The molecule has 0 aliphatic heterocycles. The minimum Gasteiger partial charge on any atom is -0.369 e. The molecule has 1 amide bonds. The van der Waals surface area contributed by atoms with E-state index in [1.165, 1.54) is 0 Å². The van der Waals surface area contributed by atoms with Crippen LogP contribution in [0.5, 0.6) is 0 Å². The Hall–Kier alpha value is -0.860. The molecule has 0 fully saturated rings. The van der Waals surface area contributed by atoms with Crippen LogP contribution in [-0.4, -0.2) is 18.7 Å². The predicted octanol–water partition coefficient (Wildman–Crippen LogP) is 0.589. The van der Waals surface area contributed by atoms with E-state index in [1.54, 1.807) is 6.21 Å². The molecule has 2 N–H and O–H groups in total. The highest BCUT2D eigenvalue weighted by Crippen LogP contribution is 1.90. The van der Waals surface area contributed by atoms with Crippen molar-refractivity contribution in [3.63, 3.8) is 0 Å². The Morgan fingerprint density at radius 1 is 1.70 bits per heavy atom. The number of primary amides is 1. The molecule has 0 heterocycles. The van der Waals surface area contributed by atoms with Crippen molar-refractivity contribution < 1.29 is 4.79 Å². The van der Waals surface area contributed by atoms with E-state index in [0.29, 0.717) is 5.92 Å². The monoisotopic (exact) mass is 142 g/mol. The second-order valence-corrected chi connectivity index (χ2v) is 2.61. The van der Waals surface area contributed by atoms with Crippen molar-refractivity contribution in [1.29, 1.82) is 0 Å². The number of hydrogen-bond donors (Lipinski definition) is 1. The van der Waals surface area contributed by atoms with Gasteiger partial charge in [0.2, 0.25) is 5.91 Å². The summed E-state index contributed by atoms with van der Waals surface area (Å²) in [5, 5.41) is 0. The third-order valence-electron chi connectivity index (χ3n) is 0.892. The first-order valence-electron chi connectivity index (χ1n) is 3.39. The van der Waals surface area contributed by atoms with Crippen LogP contribution < -0.4 is 5.73 Å². The van der Waals surface area contributed by atoms with Crippen LogP contribution in [0.25, 0.3) is 0 Å². The average molecular weight is 142 g/mol. The third-order valence-corrected chi connectivity index (χ3v) is 0.892. The third kappa shape index (κ3) is 7.14. The number of carbonyl (C=O) groups excluding carboxylic acids is 1. The van der Waals surface area contributed by atoms with Gasteiger partial charge in [-0.3, -0.25) is 9.79 Å². The largest absolute Gasteiger partial charge is 0.369 e. The SMILES string of the molecule is CC(C)C/N=C\CC(N)=O. The van der Waals surface area contributed by atoms with Crippen LogP contribution in [-0.2, 0) is 4.79 Å². The molecule has 58 valence electrons. The first-order valence-corrected chi connectivity index (χ1v) is 3.39. The van der Waals surface area contributed by atoms with E-state index in [0.717, 1.165) is 6.54 Å². The van der Waals surface area contributed by atoms with Crippen molar-refractivity contribution in [3.05, 3.63) is 0 Å². The number of hydrogen-bond acceptors (Lipinski definition) is 2. The van der Waals surface area contributed by atoms with Crippen molar-refractivity contribution in [1.82, 2.24) is 0 Å². The van der Waals surface area contributed by atoms with Gasteiger partial charge in [-0.1, -0.05) is 13.8 Å². The zero-order chi connectivity index (χ0) is 7.98. The molecule has 0 unspecified atom stereocenters. The van der Waals surface area contributed by atoms with Crippen LogP contribution in [0.4, 0.5) is 0 Å². The van der Waals surface area contributed by atoms with Gasteiger partial charge in [-0.2, -0.15) is 0 Å². The van der Waals surface area contributed by atoms with Gasteiger partial charge in [0.15, 0.2) is 0 Å². The summed E-state index contributed by atoms with van der Waals surface area (Å²) in [7, 11) is 0. The van der Waals surface area contributed by atoms with Crippen LogP contribution in [0.3, 0.4) is 0 Å². The first-order chi connectivity index (χ1) is 4.63. The summed E-state index contributed by atoms with van der Waals surface area (Å²) in [6, 6.07) is 0. The van der Waals surface area contributed by atoms with E-state index >= 15 is 0 Å². The van der Waals surface area contributed by atoms with E-state index in [9.17, 15) is 4.79 Å². The molecule has 0 rings (SSSR count). The molecule has 0 spiro atoms. The van der Waals surface area contributed by atoms with Crippen molar-refractivity contribution in [2.24, 2.45) is 16.6 Å². The van der Waals surface area contributed by atoms with Crippen LogP contribution in [0.15, 0.2) is 4.99 Å².